The monoisotopic (exact) mass is 497 g/mol. The molecule has 0 saturated heterocycles. The number of ether oxygens (including phenoxy) is 1. The van der Waals surface area contributed by atoms with E-state index in [1.807, 2.05) is 30.3 Å². The summed E-state index contributed by atoms with van der Waals surface area (Å²) >= 11 is 0. The molecule has 1 N–H and O–H groups in total. The molecule has 0 amide bonds. The van der Waals surface area contributed by atoms with Crippen LogP contribution in [0.2, 0.25) is 0 Å². The molecule has 0 bridgehead atoms. The summed E-state index contributed by atoms with van der Waals surface area (Å²) in [5.74, 6) is 1.23. The molecule has 0 aliphatic carbocycles. The highest BCUT2D eigenvalue weighted by atomic mass is 127. The second-order valence-electron chi connectivity index (χ2n) is 5.66. The first-order valence-electron chi connectivity index (χ1n) is 8.00. The van der Waals surface area contributed by atoms with Crippen molar-refractivity contribution in [2.24, 2.45) is 12.0 Å². The van der Waals surface area contributed by atoms with Crippen molar-refractivity contribution in [3.63, 3.8) is 0 Å². The number of hydrogen-bond donors (Lipinski definition) is 1. The summed E-state index contributed by atoms with van der Waals surface area (Å²) in [5.41, 5.74) is -0.826. The summed E-state index contributed by atoms with van der Waals surface area (Å²) in [6.07, 6.45) is -3.14. The largest absolute Gasteiger partial charge is 0.492 e. The minimum atomic E-state index is -4.49. The standard InChI is InChI=1S/C17H22F3N5O.HI/c1-21-16(24(2)9-10-26-14-7-5-4-6-8-14)22-11-13-12-25(3)23-15(13)17(18,19)20;/h4-8,12H,9-11H2,1-3H3,(H,21,22);1H. The van der Waals surface area contributed by atoms with Gasteiger partial charge in [-0.3, -0.25) is 9.67 Å². The lowest BCUT2D eigenvalue weighted by molar-refractivity contribution is -0.142. The number of halogens is 4. The van der Waals surface area contributed by atoms with Gasteiger partial charge < -0.3 is 15.0 Å². The second kappa shape index (κ2) is 10.4. The lowest BCUT2D eigenvalue weighted by Crippen LogP contribution is -2.40. The molecule has 1 aromatic heterocycles. The van der Waals surface area contributed by atoms with Crippen LogP contribution >= 0.6 is 24.0 Å². The topological polar surface area (TPSA) is 54.7 Å². The number of rotatable bonds is 6. The van der Waals surface area contributed by atoms with E-state index < -0.39 is 11.9 Å². The van der Waals surface area contributed by atoms with Crippen molar-refractivity contribution in [1.82, 2.24) is 20.0 Å². The maximum Gasteiger partial charge on any atom is 0.435 e. The van der Waals surface area contributed by atoms with Gasteiger partial charge in [-0.15, -0.1) is 24.0 Å². The molecule has 0 unspecified atom stereocenters. The van der Waals surface area contributed by atoms with E-state index in [4.69, 9.17) is 4.74 Å². The number of nitrogens with one attached hydrogen (secondary N) is 1. The van der Waals surface area contributed by atoms with Crippen LogP contribution in [0.5, 0.6) is 5.75 Å². The van der Waals surface area contributed by atoms with Gasteiger partial charge in [0.05, 0.1) is 6.54 Å². The second-order valence-corrected chi connectivity index (χ2v) is 5.66. The van der Waals surface area contributed by atoms with E-state index in [9.17, 15) is 13.2 Å². The van der Waals surface area contributed by atoms with Crippen LogP contribution in [0.1, 0.15) is 11.3 Å². The summed E-state index contributed by atoms with van der Waals surface area (Å²) < 4.78 is 45.7. The number of aromatic nitrogens is 2. The normalized spacial score (nSPS) is 11.7. The molecule has 10 heteroatoms. The van der Waals surface area contributed by atoms with Crippen LogP contribution in [0.25, 0.3) is 0 Å². The average Bonchev–Trinajstić information content (AvgIpc) is 2.97. The molecule has 150 valence electrons. The van der Waals surface area contributed by atoms with Gasteiger partial charge in [0.25, 0.3) is 0 Å². The van der Waals surface area contributed by atoms with Gasteiger partial charge >= 0.3 is 6.18 Å². The number of hydrogen-bond acceptors (Lipinski definition) is 3. The molecule has 2 aromatic rings. The van der Waals surface area contributed by atoms with E-state index in [0.29, 0.717) is 19.1 Å². The SMILES string of the molecule is CN=C(NCc1cn(C)nc1C(F)(F)F)N(C)CCOc1ccccc1.I. The van der Waals surface area contributed by atoms with Crippen molar-refractivity contribution < 1.29 is 17.9 Å². The summed E-state index contributed by atoms with van der Waals surface area (Å²) in [5, 5.41) is 6.42. The third-order valence-electron chi connectivity index (χ3n) is 3.62. The van der Waals surface area contributed by atoms with Crippen LogP contribution in [-0.4, -0.2) is 47.9 Å². The Bertz CT molecular complexity index is 734. The Kier molecular flexibility index (Phi) is 8.86. The molecular formula is C17H23F3IN5O. The summed E-state index contributed by atoms with van der Waals surface area (Å²) in [7, 11) is 4.82. The van der Waals surface area contributed by atoms with Crippen molar-refractivity contribution in [3.8, 4) is 5.75 Å². The number of aliphatic imine (C=N–C) groups is 1. The predicted molar refractivity (Wildman–Crippen MR) is 108 cm³/mol. The molecule has 0 aliphatic heterocycles. The van der Waals surface area contributed by atoms with Crippen LogP contribution in [-0.2, 0) is 19.8 Å². The Hall–Kier alpha value is -1.98. The van der Waals surface area contributed by atoms with E-state index in [-0.39, 0.29) is 36.1 Å². The zero-order valence-corrected chi connectivity index (χ0v) is 17.7. The molecule has 6 nitrogen and oxygen atoms in total. The van der Waals surface area contributed by atoms with Gasteiger partial charge in [-0.1, -0.05) is 18.2 Å². The average molecular weight is 497 g/mol. The molecule has 27 heavy (non-hydrogen) atoms. The van der Waals surface area contributed by atoms with Gasteiger partial charge in [-0.05, 0) is 12.1 Å². The third kappa shape index (κ3) is 6.92. The zero-order valence-electron chi connectivity index (χ0n) is 15.3. The molecular weight excluding hydrogens is 474 g/mol. The number of nitrogens with zero attached hydrogens (tertiary/aromatic N) is 4. The van der Waals surface area contributed by atoms with E-state index >= 15 is 0 Å². The summed E-state index contributed by atoms with van der Waals surface area (Å²) in [6.45, 7) is 0.912. The van der Waals surface area contributed by atoms with Crippen molar-refractivity contribution in [2.75, 3.05) is 27.2 Å². The Morgan fingerprint density at radius 2 is 1.96 bits per heavy atom. The molecule has 0 fully saturated rings. The van der Waals surface area contributed by atoms with Crippen molar-refractivity contribution in [1.29, 1.82) is 0 Å². The van der Waals surface area contributed by atoms with Crippen LogP contribution < -0.4 is 10.1 Å². The number of likely N-dealkylation sites (N-methyl/N-ethyl adjacent to an activating group) is 1. The van der Waals surface area contributed by atoms with E-state index in [1.54, 1.807) is 19.0 Å². The lowest BCUT2D eigenvalue weighted by Gasteiger charge is -2.22. The highest BCUT2D eigenvalue weighted by Crippen LogP contribution is 2.30. The van der Waals surface area contributed by atoms with E-state index in [0.717, 1.165) is 10.4 Å². The molecule has 0 aliphatic rings. The molecule has 0 atom stereocenters. The van der Waals surface area contributed by atoms with Gasteiger partial charge in [0.15, 0.2) is 11.7 Å². The molecule has 1 aromatic carbocycles. The zero-order chi connectivity index (χ0) is 19.2. The van der Waals surface area contributed by atoms with Crippen LogP contribution in [0.4, 0.5) is 13.2 Å². The number of benzene rings is 1. The summed E-state index contributed by atoms with van der Waals surface area (Å²) in [4.78, 5) is 5.88. The molecule has 0 saturated carbocycles. The minimum absolute atomic E-state index is 0. The maximum absolute atomic E-state index is 13.0. The predicted octanol–water partition coefficient (Wildman–Crippen LogP) is 3.14. The number of para-hydroxylation sites is 1. The summed E-state index contributed by atoms with van der Waals surface area (Å²) in [6, 6.07) is 9.37. The third-order valence-corrected chi connectivity index (χ3v) is 3.62. The fraction of sp³-hybridized carbons (Fsp3) is 0.412. The Labute approximate surface area is 173 Å². The highest BCUT2D eigenvalue weighted by Gasteiger charge is 2.36. The molecule has 0 radical (unpaired) electrons. The highest BCUT2D eigenvalue weighted by molar-refractivity contribution is 14.0. The first-order chi connectivity index (χ1) is 12.3. The van der Waals surface area contributed by atoms with Crippen molar-refractivity contribution >= 4 is 29.9 Å². The molecule has 1 heterocycles. The fourth-order valence-electron chi connectivity index (χ4n) is 2.39. The minimum Gasteiger partial charge on any atom is -0.492 e. The smallest absolute Gasteiger partial charge is 0.435 e. The quantitative estimate of drug-likeness (QED) is 0.379. The fourth-order valence-corrected chi connectivity index (χ4v) is 2.39. The van der Waals surface area contributed by atoms with Gasteiger partial charge in [0.1, 0.15) is 12.4 Å². The number of alkyl halides is 3. The van der Waals surface area contributed by atoms with Crippen LogP contribution in [0.3, 0.4) is 0 Å². The van der Waals surface area contributed by atoms with Crippen molar-refractivity contribution in [2.45, 2.75) is 12.7 Å². The Morgan fingerprint density at radius 1 is 1.30 bits per heavy atom. The van der Waals surface area contributed by atoms with Gasteiger partial charge in [-0.25, -0.2) is 0 Å². The lowest BCUT2D eigenvalue weighted by atomic mass is 10.2. The van der Waals surface area contributed by atoms with Gasteiger partial charge in [0, 0.05) is 39.4 Å². The van der Waals surface area contributed by atoms with E-state index in [1.165, 1.54) is 13.2 Å². The van der Waals surface area contributed by atoms with Crippen molar-refractivity contribution in [3.05, 3.63) is 47.8 Å². The Morgan fingerprint density at radius 3 is 2.56 bits per heavy atom. The van der Waals surface area contributed by atoms with Gasteiger partial charge in [-0.2, -0.15) is 18.3 Å². The van der Waals surface area contributed by atoms with Crippen LogP contribution in [0.15, 0.2) is 41.5 Å². The first-order valence-corrected chi connectivity index (χ1v) is 8.00. The van der Waals surface area contributed by atoms with E-state index in [2.05, 4.69) is 15.4 Å². The number of guanidine groups is 1. The first kappa shape index (κ1) is 23.1. The van der Waals surface area contributed by atoms with Gasteiger partial charge in [0.2, 0.25) is 0 Å². The number of aryl methyl sites for hydroxylation is 1. The van der Waals surface area contributed by atoms with Crippen LogP contribution in [0, 0.1) is 0 Å². The maximum atomic E-state index is 13.0. The molecule has 2 rings (SSSR count). The Balaban J connectivity index is 0.00000364. The molecule has 0 spiro atoms.